The molecule has 1 saturated carbocycles. The number of aliphatic carboxylic acids is 1. The highest BCUT2D eigenvalue weighted by Gasteiger charge is 2.62. The molecule has 0 radical (unpaired) electrons. The van der Waals surface area contributed by atoms with E-state index in [1.807, 2.05) is 0 Å². The van der Waals surface area contributed by atoms with Crippen LogP contribution in [-0.2, 0) is 19.2 Å². The van der Waals surface area contributed by atoms with Gasteiger partial charge in [0.1, 0.15) is 29.4 Å². The number of carboxylic acids is 1. The molecule has 1 aliphatic rings. The van der Waals surface area contributed by atoms with Gasteiger partial charge in [0.15, 0.2) is 5.69 Å². The lowest BCUT2D eigenvalue weighted by atomic mass is 10.1. The Kier molecular flexibility index (Phi) is 9.02. The SMILES string of the molecule is C[C@H](NC(=O)[C@@H](CO)NC(=O)c1nc2ccccc2cc1O)C(=O)N[C@@H](CS)C(=O)N(C)[C@@]1(C(=O)O)C[C@@H]1C. The number of benzene rings is 1. The number of carbonyl (C=O) groups is 5. The van der Waals surface area contributed by atoms with E-state index in [0.29, 0.717) is 10.9 Å². The van der Waals surface area contributed by atoms with Gasteiger partial charge in [-0.3, -0.25) is 19.2 Å². The smallest absolute Gasteiger partial charge is 0.329 e. The van der Waals surface area contributed by atoms with Gasteiger partial charge in [0.25, 0.3) is 5.91 Å². The van der Waals surface area contributed by atoms with Gasteiger partial charge in [0, 0.05) is 18.2 Å². The van der Waals surface area contributed by atoms with Crippen molar-refractivity contribution in [3.05, 3.63) is 36.0 Å². The average Bonchev–Trinajstić information content (AvgIpc) is 3.60. The fraction of sp³-hybridized carbons (Fsp3) is 0.440. The normalized spacial score (nSPS) is 20.3. The summed E-state index contributed by atoms with van der Waals surface area (Å²) in [6, 6.07) is 4.26. The number of carbonyl (C=O) groups excluding carboxylic acids is 4. The first-order valence-corrected chi connectivity index (χ1v) is 12.7. The standard InChI is InChI=1S/C25H31N5O8S/c1-12-9-25(12,24(37)38)30(3)23(36)17(11-39)29-20(33)13(2)26-21(34)16(10-31)28-22(35)19-18(32)8-14-6-4-5-7-15(14)27-19/h4-8,12-13,16-17,31-32,39H,9-11H2,1-3H3,(H,26,34)(H,28,35)(H,29,33)(H,37,38)/t12-,13-,16+,17-,25-/m0/s1. The van der Waals surface area contributed by atoms with Crippen molar-refractivity contribution in [1.82, 2.24) is 25.8 Å². The Labute approximate surface area is 229 Å². The Morgan fingerprint density at radius 1 is 1.13 bits per heavy atom. The van der Waals surface area contributed by atoms with Crippen molar-refractivity contribution in [2.45, 2.75) is 43.9 Å². The van der Waals surface area contributed by atoms with E-state index in [1.54, 1.807) is 31.2 Å². The summed E-state index contributed by atoms with van der Waals surface area (Å²) in [4.78, 5) is 67.9. The van der Waals surface area contributed by atoms with E-state index < -0.39 is 65.6 Å². The molecule has 14 heteroatoms. The van der Waals surface area contributed by atoms with Crippen LogP contribution in [-0.4, -0.2) is 97.9 Å². The van der Waals surface area contributed by atoms with Crippen molar-refractivity contribution >= 4 is 53.1 Å². The summed E-state index contributed by atoms with van der Waals surface area (Å²) in [7, 11) is 1.35. The molecule has 1 aromatic carbocycles. The topological polar surface area (TPSA) is 198 Å². The lowest BCUT2D eigenvalue weighted by molar-refractivity contribution is -0.152. The second kappa shape index (κ2) is 11.9. The van der Waals surface area contributed by atoms with Crippen LogP contribution >= 0.6 is 12.6 Å². The summed E-state index contributed by atoms with van der Waals surface area (Å²) in [5.74, 6) is -5.19. The lowest BCUT2D eigenvalue weighted by Crippen LogP contribution is -2.58. The molecule has 0 spiro atoms. The number of hydrogen-bond donors (Lipinski definition) is 7. The second-order valence-electron chi connectivity index (χ2n) is 9.46. The minimum atomic E-state index is -1.49. The molecule has 0 bridgehead atoms. The number of nitrogens with zero attached hydrogens (tertiary/aromatic N) is 2. The number of likely N-dealkylation sites (N-methyl/N-ethyl adjacent to an activating group) is 1. The third kappa shape index (κ3) is 6.06. The molecule has 0 saturated heterocycles. The molecule has 6 N–H and O–H groups in total. The second-order valence-corrected chi connectivity index (χ2v) is 9.83. The number of nitrogens with one attached hydrogen (secondary N) is 3. The van der Waals surface area contributed by atoms with Crippen LogP contribution in [0.25, 0.3) is 10.9 Å². The first-order valence-electron chi connectivity index (χ1n) is 12.1. The number of para-hydroxylation sites is 1. The maximum atomic E-state index is 12.9. The number of hydrogen-bond acceptors (Lipinski definition) is 9. The van der Waals surface area contributed by atoms with Gasteiger partial charge in [0.05, 0.1) is 12.1 Å². The summed E-state index contributed by atoms with van der Waals surface area (Å²) in [5.41, 5.74) is -1.27. The summed E-state index contributed by atoms with van der Waals surface area (Å²) in [5, 5.41) is 37.1. The molecular weight excluding hydrogens is 530 g/mol. The monoisotopic (exact) mass is 561 g/mol. The minimum absolute atomic E-state index is 0.128. The van der Waals surface area contributed by atoms with Crippen LogP contribution in [0, 0.1) is 5.92 Å². The molecular formula is C25H31N5O8S. The molecule has 2 aromatic rings. The number of rotatable bonds is 11. The summed E-state index contributed by atoms with van der Waals surface area (Å²) >= 11 is 4.10. The van der Waals surface area contributed by atoms with Gasteiger partial charge >= 0.3 is 5.97 Å². The van der Waals surface area contributed by atoms with Crippen LogP contribution in [0.3, 0.4) is 0 Å². The van der Waals surface area contributed by atoms with E-state index in [9.17, 15) is 39.3 Å². The fourth-order valence-electron chi connectivity index (χ4n) is 4.30. The zero-order valence-corrected chi connectivity index (χ0v) is 22.4. The van der Waals surface area contributed by atoms with Crippen molar-refractivity contribution < 1.29 is 39.3 Å². The van der Waals surface area contributed by atoms with Gasteiger partial charge in [-0.15, -0.1) is 0 Å². The third-order valence-electron chi connectivity index (χ3n) is 6.84. The minimum Gasteiger partial charge on any atom is -0.505 e. The number of aromatic nitrogens is 1. The molecule has 0 aliphatic heterocycles. The molecule has 1 aromatic heterocycles. The number of thiol groups is 1. The van der Waals surface area contributed by atoms with Crippen molar-refractivity contribution in [2.75, 3.05) is 19.4 Å². The van der Waals surface area contributed by atoms with Gasteiger partial charge in [-0.2, -0.15) is 12.6 Å². The highest BCUT2D eigenvalue weighted by atomic mass is 32.1. The van der Waals surface area contributed by atoms with Crippen LogP contribution in [0.1, 0.15) is 30.8 Å². The van der Waals surface area contributed by atoms with Crippen molar-refractivity contribution in [1.29, 1.82) is 0 Å². The van der Waals surface area contributed by atoms with Gasteiger partial charge in [-0.1, -0.05) is 25.1 Å². The van der Waals surface area contributed by atoms with Crippen molar-refractivity contribution in [3.8, 4) is 5.75 Å². The maximum absolute atomic E-state index is 12.9. The van der Waals surface area contributed by atoms with E-state index >= 15 is 0 Å². The van der Waals surface area contributed by atoms with Crippen LogP contribution in [0.15, 0.2) is 30.3 Å². The summed E-state index contributed by atoms with van der Waals surface area (Å²) in [6.07, 6.45) is 0.283. The summed E-state index contributed by atoms with van der Waals surface area (Å²) < 4.78 is 0. The molecule has 4 amide bonds. The van der Waals surface area contributed by atoms with Crippen molar-refractivity contribution in [3.63, 3.8) is 0 Å². The fourth-order valence-corrected chi connectivity index (χ4v) is 4.55. The van der Waals surface area contributed by atoms with Crippen LogP contribution < -0.4 is 16.0 Å². The van der Waals surface area contributed by atoms with Gasteiger partial charge < -0.3 is 36.2 Å². The van der Waals surface area contributed by atoms with E-state index in [1.165, 1.54) is 20.0 Å². The Bertz CT molecular complexity index is 1310. The van der Waals surface area contributed by atoms with E-state index in [0.717, 1.165) is 4.90 Å². The third-order valence-corrected chi connectivity index (χ3v) is 7.21. The van der Waals surface area contributed by atoms with Crippen LogP contribution in [0.2, 0.25) is 0 Å². The lowest BCUT2D eigenvalue weighted by Gasteiger charge is -2.30. The van der Waals surface area contributed by atoms with Crippen LogP contribution in [0.4, 0.5) is 0 Å². The largest absolute Gasteiger partial charge is 0.505 e. The highest BCUT2D eigenvalue weighted by Crippen LogP contribution is 2.48. The Balaban J connectivity index is 1.62. The number of aromatic hydroxyl groups is 1. The van der Waals surface area contributed by atoms with E-state index in [-0.39, 0.29) is 23.8 Å². The predicted octanol–water partition coefficient (Wildman–Crippen LogP) is -0.728. The Morgan fingerprint density at radius 2 is 1.77 bits per heavy atom. The molecule has 5 atom stereocenters. The number of aliphatic hydroxyl groups is 1. The van der Waals surface area contributed by atoms with Gasteiger partial charge in [-0.25, -0.2) is 9.78 Å². The number of aliphatic hydroxyl groups excluding tert-OH is 1. The van der Waals surface area contributed by atoms with Gasteiger partial charge in [-0.05, 0) is 31.4 Å². The number of fused-ring (bicyclic) bond motifs is 1. The Hall–Kier alpha value is -3.91. The first-order chi connectivity index (χ1) is 18.4. The maximum Gasteiger partial charge on any atom is 0.329 e. The number of pyridine rings is 1. The molecule has 0 unspecified atom stereocenters. The van der Waals surface area contributed by atoms with E-state index in [2.05, 4.69) is 33.6 Å². The quantitative estimate of drug-likeness (QED) is 0.173. The zero-order valence-electron chi connectivity index (χ0n) is 21.5. The zero-order chi connectivity index (χ0) is 29.1. The Morgan fingerprint density at radius 3 is 2.33 bits per heavy atom. The molecule has 13 nitrogen and oxygen atoms in total. The molecule has 3 rings (SSSR count). The molecule has 1 heterocycles. The van der Waals surface area contributed by atoms with E-state index in [4.69, 9.17) is 0 Å². The molecule has 1 fully saturated rings. The molecule has 1 aliphatic carbocycles. The average molecular weight is 562 g/mol. The summed E-state index contributed by atoms with van der Waals surface area (Å²) in [6.45, 7) is 2.21. The molecule has 210 valence electrons. The first kappa shape index (κ1) is 29.6. The highest BCUT2D eigenvalue weighted by molar-refractivity contribution is 7.80. The van der Waals surface area contributed by atoms with Crippen LogP contribution in [0.5, 0.6) is 5.75 Å². The van der Waals surface area contributed by atoms with Gasteiger partial charge in [0.2, 0.25) is 17.7 Å². The molecule has 39 heavy (non-hydrogen) atoms. The predicted molar refractivity (Wildman–Crippen MR) is 142 cm³/mol. The number of amides is 4. The number of carboxylic acid groups (broad SMARTS) is 1. The van der Waals surface area contributed by atoms with Crippen molar-refractivity contribution in [2.24, 2.45) is 5.92 Å².